The Morgan fingerprint density at radius 1 is 1.25 bits per heavy atom. The summed E-state index contributed by atoms with van der Waals surface area (Å²) in [5.41, 5.74) is 1.70. The van der Waals surface area contributed by atoms with Crippen LogP contribution in [0.4, 0.5) is 0 Å². The number of aromatic nitrogens is 1. The second kappa shape index (κ2) is 9.45. The van der Waals surface area contributed by atoms with Crippen LogP contribution in [0, 0.1) is 0 Å². The van der Waals surface area contributed by atoms with Gasteiger partial charge in [-0.15, -0.1) is 0 Å². The normalized spacial score (nSPS) is 12.5. The first-order valence-corrected chi connectivity index (χ1v) is 10.8. The van der Waals surface area contributed by atoms with Gasteiger partial charge in [-0.3, -0.25) is 0 Å². The molecule has 0 aliphatic heterocycles. The van der Waals surface area contributed by atoms with E-state index in [4.69, 9.17) is 11.6 Å². The smallest absolute Gasteiger partial charge is 0.242 e. The lowest BCUT2D eigenvalue weighted by molar-refractivity contribution is 0.461. The maximum absolute atomic E-state index is 12.6. The van der Waals surface area contributed by atoms with Crippen molar-refractivity contribution >= 4 is 27.6 Å². The second-order valence-electron chi connectivity index (χ2n) is 6.68. The standard InChI is InChI=1S/C19H28ClN5O2S/c1-6-21-19(25(5)14-17-11-16(20)13-24(17)4)22-12-15-9-7-8-10-18(15)28(26,27)23(2)3/h7-11,13H,6,12,14H2,1-5H3,(H,21,22). The molecule has 0 spiro atoms. The molecule has 0 atom stereocenters. The molecule has 0 saturated heterocycles. The summed E-state index contributed by atoms with van der Waals surface area (Å²) < 4.78 is 28.3. The number of nitrogens with one attached hydrogen (secondary N) is 1. The number of hydrogen-bond acceptors (Lipinski definition) is 3. The van der Waals surface area contributed by atoms with Crippen LogP contribution in [0.15, 0.2) is 46.4 Å². The van der Waals surface area contributed by atoms with Gasteiger partial charge in [0.05, 0.1) is 23.0 Å². The Morgan fingerprint density at radius 2 is 1.93 bits per heavy atom. The van der Waals surface area contributed by atoms with Crippen LogP contribution in [0.5, 0.6) is 0 Å². The zero-order valence-corrected chi connectivity index (χ0v) is 18.5. The highest BCUT2D eigenvalue weighted by atomic mass is 35.5. The highest BCUT2D eigenvalue weighted by molar-refractivity contribution is 7.89. The van der Waals surface area contributed by atoms with Gasteiger partial charge in [-0.05, 0) is 24.6 Å². The quantitative estimate of drug-likeness (QED) is 0.546. The van der Waals surface area contributed by atoms with E-state index < -0.39 is 10.0 Å². The number of guanidine groups is 1. The second-order valence-corrected chi connectivity index (χ2v) is 9.24. The molecule has 0 aliphatic rings. The molecular weight excluding hydrogens is 398 g/mol. The van der Waals surface area contributed by atoms with Crippen molar-refractivity contribution in [3.05, 3.63) is 52.8 Å². The van der Waals surface area contributed by atoms with E-state index in [9.17, 15) is 8.42 Å². The highest BCUT2D eigenvalue weighted by Crippen LogP contribution is 2.19. The molecule has 2 aromatic rings. The lowest BCUT2D eigenvalue weighted by Crippen LogP contribution is -2.38. The van der Waals surface area contributed by atoms with Crippen LogP contribution in [0.1, 0.15) is 18.2 Å². The third-order valence-corrected chi connectivity index (χ3v) is 6.42. The van der Waals surface area contributed by atoms with Gasteiger partial charge in [0.2, 0.25) is 10.0 Å². The molecule has 1 heterocycles. The number of halogens is 1. The Labute approximate surface area is 172 Å². The van der Waals surface area contributed by atoms with Crippen molar-refractivity contribution in [3.63, 3.8) is 0 Å². The first kappa shape index (κ1) is 22.3. The summed E-state index contributed by atoms with van der Waals surface area (Å²) in [5, 5.41) is 3.94. The third kappa shape index (κ3) is 5.27. The van der Waals surface area contributed by atoms with Gasteiger partial charge < -0.3 is 14.8 Å². The van der Waals surface area contributed by atoms with Crippen molar-refractivity contribution in [3.8, 4) is 0 Å². The molecule has 0 aliphatic carbocycles. The van der Waals surface area contributed by atoms with Crippen molar-refractivity contribution in [2.75, 3.05) is 27.7 Å². The van der Waals surface area contributed by atoms with Crippen molar-refractivity contribution < 1.29 is 8.42 Å². The molecule has 9 heteroatoms. The van der Waals surface area contributed by atoms with E-state index >= 15 is 0 Å². The topological polar surface area (TPSA) is 69.9 Å². The van der Waals surface area contributed by atoms with E-state index in [0.717, 1.165) is 5.69 Å². The van der Waals surface area contributed by atoms with Crippen LogP contribution in [0.3, 0.4) is 0 Å². The average molecular weight is 426 g/mol. The van der Waals surface area contributed by atoms with Crippen molar-refractivity contribution in [2.45, 2.75) is 24.9 Å². The fourth-order valence-corrected chi connectivity index (χ4v) is 4.13. The van der Waals surface area contributed by atoms with Crippen LogP contribution in [0.25, 0.3) is 0 Å². The number of hydrogen-bond donors (Lipinski definition) is 1. The van der Waals surface area contributed by atoms with Gasteiger partial charge >= 0.3 is 0 Å². The largest absolute Gasteiger partial charge is 0.357 e. The first-order valence-electron chi connectivity index (χ1n) is 8.97. The summed E-state index contributed by atoms with van der Waals surface area (Å²) in [6.07, 6.45) is 1.86. The number of rotatable bonds is 7. The molecule has 0 amide bonds. The van der Waals surface area contributed by atoms with Crippen LogP contribution in [0.2, 0.25) is 5.02 Å². The number of benzene rings is 1. The molecule has 1 N–H and O–H groups in total. The predicted molar refractivity (Wildman–Crippen MR) is 114 cm³/mol. The molecule has 154 valence electrons. The Morgan fingerprint density at radius 3 is 2.50 bits per heavy atom. The Bertz CT molecular complexity index is 938. The van der Waals surface area contributed by atoms with E-state index in [1.807, 2.05) is 48.8 Å². The van der Waals surface area contributed by atoms with Crippen LogP contribution >= 0.6 is 11.6 Å². The van der Waals surface area contributed by atoms with Crippen LogP contribution < -0.4 is 5.32 Å². The van der Waals surface area contributed by atoms with E-state index in [2.05, 4.69) is 10.3 Å². The lowest BCUT2D eigenvalue weighted by Gasteiger charge is -2.22. The van der Waals surface area contributed by atoms with E-state index in [0.29, 0.717) is 29.6 Å². The minimum Gasteiger partial charge on any atom is -0.357 e. The van der Waals surface area contributed by atoms with Crippen molar-refractivity contribution in [2.24, 2.45) is 12.0 Å². The maximum atomic E-state index is 12.6. The fourth-order valence-electron chi connectivity index (χ4n) is 2.75. The summed E-state index contributed by atoms with van der Waals surface area (Å²) in [5.74, 6) is 0.692. The predicted octanol–water partition coefficient (Wildman–Crippen LogP) is 2.53. The maximum Gasteiger partial charge on any atom is 0.242 e. The Balaban J connectivity index is 2.27. The zero-order valence-electron chi connectivity index (χ0n) is 17.0. The molecule has 28 heavy (non-hydrogen) atoms. The van der Waals surface area contributed by atoms with Gasteiger partial charge in [-0.25, -0.2) is 17.7 Å². The van der Waals surface area contributed by atoms with Gasteiger partial charge in [-0.1, -0.05) is 29.8 Å². The molecule has 1 aromatic heterocycles. The lowest BCUT2D eigenvalue weighted by atomic mass is 10.2. The first-order chi connectivity index (χ1) is 13.2. The van der Waals surface area contributed by atoms with Gasteiger partial charge in [0.25, 0.3) is 0 Å². The summed E-state index contributed by atoms with van der Waals surface area (Å²) >= 11 is 6.07. The van der Waals surface area contributed by atoms with E-state index in [-0.39, 0.29) is 11.4 Å². The van der Waals surface area contributed by atoms with E-state index in [1.54, 1.807) is 18.2 Å². The molecule has 2 rings (SSSR count). The molecule has 0 radical (unpaired) electrons. The summed E-state index contributed by atoms with van der Waals surface area (Å²) in [6.45, 7) is 3.57. The summed E-state index contributed by atoms with van der Waals surface area (Å²) in [6, 6.07) is 8.87. The van der Waals surface area contributed by atoms with Gasteiger partial charge in [0.1, 0.15) is 0 Å². The van der Waals surface area contributed by atoms with Crippen molar-refractivity contribution in [1.82, 2.24) is 19.1 Å². The Kier molecular flexibility index (Phi) is 7.51. The number of nitrogens with zero attached hydrogens (tertiary/aromatic N) is 4. The molecule has 0 unspecified atom stereocenters. The molecule has 1 aromatic carbocycles. The average Bonchev–Trinajstić information content (AvgIpc) is 2.95. The molecule has 0 saturated carbocycles. The number of aryl methyl sites for hydroxylation is 1. The summed E-state index contributed by atoms with van der Waals surface area (Å²) in [7, 11) is 3.41. The van der Waals surface area contributed by atoms with Gasteiger partial charge in [0.15, 0.2) is 5.96 Å². The molecular formula is C19H28ClN5O2S. The SMILES string of the molecule is CCNC(=NCc1ccccc1S(=O)(=O)N(C)C)N(C)Cc1cc(Cl)cn1C. The molecule has 0 bridgehead atoms. The van der Waals surface area contributed by atoms with Gasteiger partial charge in [-0.2, -0.15) is 0 Å². The van der Waals surface area contributed by atoms with Crippen LogP contribution in [-0.4, -0.2) is 55.8 Å². The van der Waals surface area contributed by atoms with Gasteiger partial charge in [0, 0.05) is 46.6 Å². The molecule has 7 nitrogen and oxygen atoms in total. The highest BCUT2D eigenvalue weighted by Gasteiger charge is 2.20. The third-order valence-electron chi connectivity index (χ3n) is 4.30. The number of aliphatic imine (C=N–C) groups is 1. The Hall–Kier alpha value is -2.03. The monoisotopic (exact) mass is 425 g/mol. The minimum atomic E-state index is -3.53. The summed E-state index contributed by atoms with van der Waals surface area (Å²) in [4.78, 5) is 6.91. The minimum absolute atomic E-state index is 0.254. The zero-order chi connectivity index (χ0) is 20.9. The number of sulfonamides is 1. The van der Waals surface area contributed by atoms with Crippen LogP contribution in [-0.2, 0) is 30.2 Å². The fraction of sp³-hybridized carbons (Fsp3) is 0.421. The van der Waals surface area contributed by atoms with Crippen molar-refractivity contribution in [1.29, 1.82) is 0 Å². The molecule has 0 fully saturated rings. The van der Waals surface area contributed by atoms with E-state index in [1.165, 1.54) is 18.4 Å².